The summed E-state index contributed by atoms with van der Waals surface area (Å²) >= 11 is 0. The van der Waals surface area contributed by atoms with Crippen LogP contribution in [0.15, 0.2) is 0 Å². The number of aliphatic hydroxyl groups is 1. The van der Waals surface area contributed by atoms with E-state index in [4.69, 9.17) is 5.11 Å². The summed E-state index contributed by atoms with van der Waals surface area (Å²) in [5, 5.41) is 14.5. The predicted octanol–water partition coefficient (Wildman–Crippen LogP) is -0.584. The van der Waals surface area contributed by atoms with Crippen molar-refractivity contribution in [2.75, 3.05) is 46.4 Å². The van der Waals surface area contributed by atoms with E-state index in [-0.39, 0.29) is 12.5 Å². The van der Waals surface area contributed by atoms with E-state index in [0.29, 0.717) is 19.4 Å². The normalized spacial score (nSPS) is 10.8. The van der Waals surface area contributed by atoms with Crippen LogP contribution < -0.4 is 10.6 Å². The van der Waals surface area contributed by atoms with E-state index in [1.165, 1.54) is 0 Å². The van der Waals surface area contributed by atoms with Crippen LogP contribution in [-0.4, -0.2) is 62.3 Å². The van der Waals surface area contributed by atoms with Crippen LogP contribution in [0.5, 0.6) is 0 Å². The highest BCUT2D eigenvalue weighted by Gasteiger charge is 2.03. The van der Waals surface area contributed by atoms with E-state index >= 15 is 0 Å². The number of hydrogen-bond acceptors (Lipinski definition) is 4. The van der Waals surface area contributed by atoms with Gasteiger partial charge in [0.15, 0.2) is 0 Å². The van der Waals surface area contributed by atoms with Crippen LogP contribution in [0.1, 0.15) is 19.8 Å². The third-order valence-corrected chi connectivity index (χ3v) is 2.44. The van der Waals surface area contributed by atoms with Gasteiger partial charge in [-0.1, -0.05) is 6.92 Å². The Hall–Kier alpha value is -0.650. The molecule has 0 aromatic carbocycles. The molecule has 0 aromatic heterocycles. The summed E-state index contributed by atoms with van der Waals surface area (Å²) in [4.78, 5) is 13.5. The number of nitrogens with zero attached hydrogens (tertiary/aromatic N) is 1. The summed E-state index contributed by atoms with van der Waals surface area (Å²) in [6, 6.07) is 0. The van der Waals surface area contributed by atoms with Crippen molar-refractivity contribution in [2.45, 2.75) is 19.8 Å². The molecule has 3 N–H and O–H groups in total. The van der Waals surface area contributed by atoms with Crippen LogP contribution >= 0.6 is 0 Å². The molecule has 0 saturated heterocycles. The minimum atomic E-state index is 0.0266. The van der Waals surface area contributed by atoms with E-state index in [9.17, 15) is 4.79 Å². The van der Waals surface area contributed by atoms with E-state index in [0.717, 1.165) is 26.2 Å². The van der Waals surface area contributed by atoms with Crippen LogP contribution in [0, 0.1) is 0 Å². The number of hydrogen-bond donors (Lipinski definition) is 3. The molecule has 0 aromatic rings. The van der Waals surface area contributed by atoms with Crippen molar-refractivity contribution in [2.24, 2.45) is 0 Å². The number of carbonyl (C=O) groups excluding carboxylic acids is 1. The molecule has 16 heavy (non-hydrogen) atoms. The Morgan fingerprint density at radius 3 is 2.56 bits per heavy atom. The minimum absolute atomic E-state index is 0.0266. The summed E-state index contributed by atoms with van der Waals surface area (Å²) in [6.07, 6.45) is 0.961. The van der Waals surface area contributed by atoms with E-state index in [2.05, 4.69) is 22.5 Å². The Morgan fingerprint density at radius 2 is 2.00 bits per heavy atom. The van der Waals surface area contributed by atoms with Crippen molar-refractivity contribution in [3.05, 3.63) is 0 Å². The van der Waals surface area contributed by atoms with Crippen LogP contribution in [0.25, 0.3) is 0 Å². The minimum Gasteiger partial charge on any atom is -0.396 e. The second kappa shape index (κ2) is 10.9. The monoisotopic (exact) mass is 231 g/mol. The Morgan fingerprint density at radius 1 is 1.31 bits per heavy atom. The molecule has 0 atom stereocenters. The maximum atomic E-state index is 11.2. The quantitative estimate of drug-likeness (QED) is 0.470. The highest BCUT2D eigenvalue weighted by molar-refractivity contribution is 5.75. The van der Waals surface area contributed by atoms with Gasteiger partial charge in [0.2, 0.25) is 5.91 Å². The van der Waals surface area contributed by atoms with Crippen molar-refractivity contribution in [3.8, 4) is 0 Å². The molecular formula is C11H25N3O2. The lowest BCUT2D eigenvalue weighted by atomic mass is 10.3. The molecule has 1 amide bonds. The van der Waals surface area contributed by atoms with E-state index in [1.807, 2.05) is 7.05 Å². The van der Waals surface area contributed by atoms with Crippen LogP contribution in [0.3, 0.4) is 0 Å². The van der Waals surface area contributed by atoms with Gasteiger partial charge in [0.05, 0.1) is 0 Å². The lowest BCUT2D eigenvalue weighted by molar-refractivity contribution is -0.121. The second-order valence-electron chi connectivity index (χ2n) is 3.71. The van der Waals surface area contributed by atoms with E-state index < -0.39 is 0 Å². The molecule has 5 heteroatoms. The Labute approximate surface area is 98.2 Å². The van der Waals surface area contributed by atoms with Gasteiger partial charge in [-0.25, -0.2) is 0 Å². The summed E-state index contributed by atoms with van der Waals surface area (Å²) in [6.45, 7) is 6.71. The Bertz CT molecular complexity index is 177. The van der Waals surface area contributed by atoms with Crippen molar-refractivity contribution in [1.82, 2.24) is 15.5 Å². The number of likely N-dealkylation sites (N-methyl/N-ethyl adjacent to an activating group) is 2. The summed E-state index contributed by atoms with van der Waals surface area (Å²) in [5.74, 6) is 0.0266. The van der Waals surface area contributed by atoms with Gasteiger partial charge in [-0.3, -0.25) is 4.79 Å². The molecule has 0 heterocycles. The zero-order valence-electron chi connectivity index (χ0n) is 10.5. The fourth-order valence-electron chi connectivity index (χ4n) is 1.38. The van der Waals surface area contributed by atoms with Crippen LogP contribution in [-0.2, 0) is 4.79 Å². The molecule has 0 rings (SSSR count). The summed E-state index contributed by atoms with van der Waals surface area (Å²) in [7, 11) is 1.94. The van der Waals surface area contributed by atoms with Gasteiger partial charge in [0, 0.05) is 39.2 Å². The van der Waals surface area contributed by atoms with Crippen molar-refractivity contribution >= 4 is 5.91 Å². The first-order valence-corrected chi connectivity index (χ1v) is 5.99. The van der Waals surface area contributed by atoms with Gasteiger partial charge >= 0.3 is 0 Å². The number of carbonyl (C=O) groups is 1. The molecule has 0 unspecified atom stereocenters. The molecule has 0 bridgehead atoms. The Kier molecular flexibility index (Phi) is 10.4. The molecule has 0 saturated carbocycles. The molecule has 0 aliphatic heterocycles. The van der Waals surface area contributed by atoms with E-state index in [1.54, 1.807) is 0 Å². The maximum Gasteiger partial charge on any atom is 0.220 e. The van der Waals surface area contributed by atoms with Gasteiger partial charge in [-0.15, -0.1) is 0 Å². The standard InChI is InChI=1S/C11H25N3O2/c1-3-14(8-6-12-2)9-7-13-11(16)5-4-10-15/h12,15H,3-10H2,1-2H3,(H,13,16). The van der Waals surface area contributed by atoms with Crippen LogP contribution in [0.4, 0.5) is 0 Å². The molecule has 5 nitrogen and oxygen atoms in total. The fraction of sp³-hybridized carbons (Fsp3) is 0.909. The lowest BCUT2D eigenvalue weighted by Gasteiger charge is -2.20. The molecular weight excluding hydrogens is 206 g/mol. The summed E-state index contributed by atoms with van der Waals surface area (Å²) < 4.78 is 0. The zero-order chi connectivity index (χ0) is 12.2. The smallest absolute Gasteiger partial charge is 0.220 e. The molecule has 96 valence electrons. The third kappa shape index (κ3) is 8.64. The average Bonchev–Trinajstić information content (AvgIpc) is 2.30. The number of nitrogens with one attached hydrogen (secondary N) is 2. The maximum absolute atomic E-state index is 11.2. The van der Waals surface area contributed by atoms with Gasteiger partial charge in [-0.2, -0.15) is 0 Å². The van der Waals surface area contributed by atoms with Crippen molar-refractivity contribution in [3.63, 3.8) is 0 Å². The lowest BCUT2D eigenvalue weighted by Crippen LogP contribution is -2.37. The van der Waals surface area contributed by atoms with Gasteiger partial charge in [0.1, 0.15) is 0 Å². The summed E-state index contributed by atoms with van der Waals surface area (Å²) in [5.41, 5.74) is 0. The van der Waals surface area contributed by atoms with Gasteiger partial charge < -0.3 is 20.6 Å². The highest BCUT2D eigenvalue weighted by Crippen LogP contribution is 1.88. The predicted molar refractivity (Wildman–Crippen MR) is 65.4 cm³/mol. The van der Waals surface area contributed by atoms with Crippen LogP contribution in [0.2, 0.25) is 0 Å². The first kappa shape index (κ1) is 15.3. The largest absolute Gasteiger partial charge is 0.396 e. The molecule has 0 aliphatic rings. The fourth-order valence-corrected chi connectivity index (χ4v) is 1.38. The first-order chi connectivity index (χ1) is 7.74. The van der Waals surface area contributed by atoms with Gasteiger partial charge in [0.25, 0.3) is 0 Å². The molecule has 0 fully saturated rings. The molecule has 0 spiro atoms. The highest BCUT2D eigenvalue weighted by atomic mass is 16.3. The Balaban J connectivity index is 3.49. The SMILES string of the molecule is CCN(CCNC)CCNC(=O)CCCO. The average molecular weight is 231 g/mol. The second-order valence-corrected chi connectivity index (χ2v) is 3.71. The van der Waals surface area contributed by atoms with Gasteiger partial charge in [-0.05, 0) is 20.0 Å². The number of amides is 1. The first-order valence-electron chi connectivity index (χ1n) is 5.99. The van der Waals surface area contributed by atoms with Crippen molar-refractivity contribution in [1.29, 1.82) is 0 Å². The van der Waals surface area contributed by atoms with Crippen molar-refractivity contribution < 1.29 is 9.90 Å². The third-order valence-electron chi connectivity index (χ3n) is 2.44. The molecule has 0 radical (unpaired) electrons. The zero-order valence-corrected chi connectivity index (χ0v) is 10.5. The number of aliphatic hydroxyl groups excluding tert-OH is 1. The number of rotatable bonds is 10. The molecule has 0 aliphatic carbocycles. The topological polar surface area (TPSA) is 64.6 Å².